The molecular weight excluding hydrogens is 693 g/mol. The zero-order valence-corrected chi connectivity index (χ0v) is 29.9. The van der Waals surface area contributed by atoms with Gasteiger partial charge in [-0.15, -0.1) is 0 Å². The number of hydrogen-bond acceptors (Lipinski definition) is 5. The number of carbonyl (C=O) groups is 2. The highest BCUT2D eigenvalue weighted by Crippen LogP contribution is 2.30. The molecule has 0 aliphatic rings. The minimum Gasteiger partial charge on any atom is -0.457 e. The van der Waals surface area contributed by atoms with Crippen LogP contribution in [0.15, 0.2) is 138 Å². The van der Waals surface area contributed by atoms with Gasteiger partial charge in [-0.05, 0) is 85.6 Å². The van der Waals surface area contributed by atoms with E-state index in [4.69, 9.17) is 27.9 Å². The number of amides is 2. The molecule has 0 saturated carbocycles. The van der Waals surface area contributed by atoms with E-state index in [2.05, 4.69) is 5.32 Å². The van der Waals surface area contributed by atoms with Crippen LogP contribution >= 0.6 is 23.2 Å². The number of carbonyl (C=O) groups excluding carboxylic acids is 2. The predicted octanol–water partition coefficient (Wildman–Crippen LogP) is 8.15. The van der Waals surface area contributed by atoms with Crippen molar-refractivity contribution in [2.24, 2.45) is 0 Å². The molecule has 11 heteroatoms. The second-order valence-electron chi connectivity index (χ2n) is 11.9. The maximum atomic E-state index is 14.7. The molecule has 0 aromatic heterocycles. The molecule has 258 valence electrons. The molecule has 0 radical (unpaired) electrons. The Hall–Kier alpha value is -4.83. The second kappa shape index (κ2) is 16.7. The molecule has 5 aromatic carbocycles. The van der Waals surface area contributed by atoms with Gasteiger partial charge in [0.15, 0.2) is 0 Å². The normalized spacial score (nSPS) is 11.9. The minimum atomic E-state index is -4.26. The van der Waals surface area contributed by atoms with Crippen molar-refractivity contribution in [3.8, 4) is 11.5 Å². The number of halogens is 2. The fourth-order valence-corrected chi connectivity index (χ4v) is 7.23. The summed E-state index contributed by atoms with van der Waals surface area (Å²) in [4.78, 5) is 29.9. The van der Waals surface area contributed by atoms with E-state index in [0.717, 1.165) is 9.87 Å². The van der Waals surface area contributed by atoms with Gasteiger partial charge in [-0.2, -0.15) is 0 Å². The van der Waals surface area contributed by atoms with Gasteiger partial charge in [0.05, 0.1) is 10.6 Å². The lowest BCUT2D eigenvalue weighted by Crippen LogP contribution is -2.54. The van der Waals surface area contributed by atoms with Crippen molar-refractivity contribution in [3.63, 3.8) is 0 Å². The summed E-state index contributed by atoms with van der Waals surface area (Å²) in [6.45, 7) is 2.97. The fraction of sp³-hybridized carbons (Fsp3) is 0.179. The fourth-order valence-electron chi connectivity index (χ4n) is 5.32. The van der Waals surface area contributed by atoms with Gasteiger partial charge in [0.1, 0.15) is 24.1 Å². The maximum Gasteiger partial charge on any atom is 0.264 e. The number of sulfonamides is 1. The zero-order chi connectivity index (χ0) is 35.7. The predicted molar refractivity (Wildman–Crippen MR) is 198 cm³/mol. The molecule has 0 unspecified atom stereocenters. The van der Waals surface area contributed by atoms with E-state index >= 15 is 0 Å². The van der Waals surface area contributed by atoms with Crippen LogP contribution in [0.5, 0.6) is 11.5 Å². The summed E-state index contributed by atoms with van der Waals surface area (Å²) in [5.41, 5.74) is 1.59. The third kappa shape index (κ3) is 9.44. The monoisotopic (exact) mass is 729 g/mol. The Morgan fingerprint density at radius 1 is 0.760 bits per heavy atom. The Labute approximate surface area is 303 Å². The van der Waals surface area contributed by atoms with E-state index in [1.807, 2.05) is 74.5 Å². The molecule has 2 amide bonds. The number of nitrogens with one attached hydrogen (secondary N) is 1. The van der Waals surface area contributed by atoms with Crippen LogP contribution in [0.4, 0.5) is 5.69 Å². The molecular formula is C39H37Cl2N3O5S. The first-order valence-corrected chi connectivity index (χ1v) is 18.2. The number of rotatable bonds is 14. The largest absolute Gasteiger partial charge is 0.457 e. The molecule has 5 rings (SSSR count). The molecule has 50 heavy (non-hydrogen) atoms. The van der Waals surface area contributed by atoms with E-state index < -0.39 is 28.5 Å². The Kier molecular flexibility index (Phi) is 12.2. The van der Waals surface area contributed by atoms with Gasteiger partial charge in [0.25, 0.3) is 10.0 Å². The van der Waals surface area contributed by atoms with Crippen LogP contribution in [-0.2, 0) is 32.6 Å². The van der Waals surface area contributed by atoms with Crippen LogP contribution in [0, 0.1) is 0 Å². The molecule has 0 saturated heterocycles. The van der Waals surface area contributed by atoms with Crippen LogP contribution in [0.2, 0.25) is 10.0 Å². The summed E-state index contributed by atoms with van der Waals surface area (Å²) < 4.78 is 35.5. The summed E-state index contributed by atoms with van der Waals surface area (Å²) in [5, 5.41) is 3.66. The van der Waals surface area contributed by atoms with E-state index in [1.165, 1.54) is 17.0 Å². The van der Waals surface area contributed by atoms with Crippen molar-refractivity contribution in [2.45, 2.75) is 43.8 Å². The Morgan fingerprint density at radius 3 is 1.94 bits per heavy atom. The number of para-hydroxylation sites is 1. The SMILES string of the molecule is CC(C)NC(=O)[C@H](Cc1ccccc1)N(Cc1ccc(Cl)cc1Cl)C(=O)CN(c1ccc(Oc2ccccc2)cc1)S(=O)(=O)c1ccccc1. The van der Waals surface area contributed by atoms with E-state index in [9.17, 15) is 18.0 Å². The summed E-state index contributed by atoms with van der Waals surface area (Å²) in [6, 6.07) is 36.5. The smallest absolute Gasteiger partial charge is 0.264 e. The van der Waals surface area contributed by atoms with Gasteiger partial charge >= 0.3 is 0 Å². The van der Waals surface area contributed by atoms with Crippen LogP contribution in [0.3, 0.4) is 0 Å². The van der Waals surface area contributed by atoms with Crippen LogP contribution in [-0.4, -0.2) is 43.8 Å². The van der Waals surface area contributed by atoms with E-state index in [1.54, 1.807) is 60.7 Å². The van der Waals surface area contributed by atoms with E-state index in [-0.39, 0.29) is 35.5 Å². The van der Waals surface area contributed by atoms with Crippen molar-refractivity contribution >= 4 is 50.7 Å². The second-order valence-corrected chi connectivity index (χ2v) is 14.6. The molecule has 0 spiro atoms. The van der Waals surface area contributed by atoms with Crippen molar-refractivity contribution in [3.05, 3.63) is 155 Å². The quantitative estimate of drug-likeness (QED) is 0.125. The maximum absolute atomic E-state index is 14.7. The summed E-state index contributed by atoms with van der Waals surface area (Å²) in [7, 11) is -4.26. The number of ether oxygens (including phenoxy) is 1. The first-order valence-electron chi connectivity index (χ1n) is 16.0. The topological polar surface area (TPSA) is 96.0 Å². The minimum absolute atomic E-state index is 0.00286. The number of anilines is 1. The molecule has 1 N–H and O–H groups in total. The first-order chi connectivity index (χ1) is 24.0. The van der Waals surface area contributed by atoms with Gasteiger partial charge in [-0.1, -0.05) is 96.0 Å². The molecule has 0 heterocycles. The first kappa shape index (κ1) is 36.5. The Bertz CT molecular complexity index is 2000. The van der Waals surface area contributed by atoms with Crippen molar-refractivity contribution < 1.29 is 22.7 Å². The van der Waals surface area contributed by atoms with Crippen molar-refractivity contribution in [1.82, 2.24) is 10.2 Å². The number of hydrogen-bond donors (Lipinski definition) is 1. The molecule has 0 aliphatic carbocycles. The molecule has 0 bridgehead atoms. The van der Waals surface area contributed by atoms with Gasteiger partial charge < -0.3 is 15.0 Å². The standard InChI is InChI=1S/C39H37Cl2N3O5S/c1-28(2)42-39(46)37(24-29-12-6-3-7-13-29)43(26-30-18-19-31(40)25-36(30)41)38(45)27-44(50(47,48)35-16-10-5-11-17-35)32-20-22-34(23-21-32)49-33-14-8-4-9-15-33/h3-23,25,28,37H,24,26-27H2,1-2H3,(H,42,46)/t37-/m0/s1. The third-order valence-electron chi connectivity index (χ3n) is 7.77. The number of nitrogens with zero attached hydrogens (tertiary/aromatic N) is 2. The Balaban J connectivity index is 1.56. The third-order valence-corrected chi connectivity index (χ3v) is 10.1. The number of benzene rings is 5. The van der Waals surface area contributed by atoms with Crippen LogP contribution < -0.4 is 14.4 Å². The lowest BCUT2D eigenvalue weighted by atomic mass is 10.0. The Morgan fingerprint density at radius 2 is 1.34 bits per heavy atom. The van der Waals surface area contributed by atoms with Gasteiger partial charge in [0, 0.05) is 29.1 Å². The molecule has 1 atom stereocenters. The van der Waals surface area contributed by atoms with Gasteiger partial charge in [-0.3, -0.25) is 13.9 Å². The van der Waals surface area contributed by atoms with Crippen molar-refractivity contribution in [2.75, 3.05) is 10.8 Å². The summed E-state index contributed by atoms with van der Waals surface area (Å²) in [5.74, 6) is 0.0996. The highest BCUT2D eigenvalue weighted by molar-refractivity contribution is 7.92. The molecule has 0 aliphatic heterocycles. The van der Waals surface area contributed by atoms with Crippen LogP contribution in [0.1, 0.15) is 25.0 Å². The van der Waals surface area contributed by atoms with Crippen LogP contribution in [0.25, 0.3) is 0 Å². The lowest BCUT2D eigenvalue weighted by Gasteiger charge is -2.34. The zero-order valence-electron chi connectivity index (χ0n) is 27.6. The van der Waals surface area contributed by atoms with Gasteiger partial charge in [-0.25, -0.2) is 8.42 Å². The van der Waals surface area contributed by atoms with Gasteiger partial charge in [0.2, 0.25) is 11.8 Å². The van der Waals surface area contributed by atoms with E-state index in [0.29, 0.717) is 27.1 Å². The average molecular weight is 731 g/mol. The lowest BCUT2D eigenvalue weighted by molar-refractivity contribution is -0.140. The molecule has 8 nitrogen and oxygen atoms in total. The summed E-state index contributed by atoms with van der Waals surface area (Å²) >= 11 is 12.8. The summed E-state index contributed by atoms with van der Waals surface area (Å²) in [6.07, 6.45) is 0.174. The molecule has 5 aromatic rings. The molecule has 0 fully saturated rings. The average Bonchev–Trinajstić information content (AvgIpc) is 3.11. The highest BCUT2D eigenvalue weighted by atomic mass is 35.5. The highest BCUT2D eigenvalue weighted by Gasteiger charge is 2.35. The van der Waals surface area contributed by atoms with Crippen molar-refractivity contribution in [1.29, 1.82) is 0 Å².